The zero-order chi connectivity index (χ0) is 13.5. The topological polar surface area (TPSA) is 32.6 Å². The second-order valence-corrected chi connectivity index (χ2v) is 6.44. The number of fused-ring (bicyclic) bond motifs is 2. The molecule has 0 spiro atoms. The van der Waals surface area contributed by atoms with Crippen molar-refractivity contribution in [2.75, 3.05) is 19.6 Å². The quantitative estimate of drug-likeness (QED) is 0.920. The van der Waals surface area contributed by atoms with Crippen molar-refractivity contribution in [2.45, 2.75) is 25.4 Å². The molecule has 2 saturated heterocycles. The maximum absolute atomic E-state index is 6.01. The zero-order valence-electron chi connectivity index (χ0n) is 11.4. The van der Waals surface area contributed by atoms with Gasteiger partial charge in [-0.15, -0.1) is 0 Å². The van der Waals surface area contributed by atoms with Crippen molar-refractivity contribution >= 4 is 17.2 Å². The van der Waals surface area contributed by atoms with Crippen LogP contribution in [0.2, 0.25) is 5.02 Å². The van der Waals surface area contributed by atoms with Crippen LogP contribution in [0.15, 0.2) is 24.5 Å². The summed E-state index contributed by atoms with van der Waals surface area (Å²) in [5.74, 6) is 0.829. The summed E-state index contributed by atoms with van der Waals surface area (Å²) in [6.07, 6.45) is 6.70. The molecule has 2 aliphatic heterocycles. The lowest BCUT2D eigenvalue weighted by molar-refractivity contribution is 0.310. The van der Waals surface area contributed by atoms with Gasteiger partial charge in [-0.1, -0.05) is 11.6 Å². The molecule has 2 atom stereocenters. The molecule has 4 rings (SSSR count). The molecule has 5 heteroatoms. The highest BCUT2D eigenvalue weighted by atomic mass is 35.5. The summed E-state index contributed by atoms with van der Waals surface area (Å²) in [5, 5.41) is 4.39. The van der Waals surface area contributed by atoms with Crippen LogP contribution in [0.25, 0.3) is 5.65 Å². The summed E-state index contributed by atoms with van der Waals surface area (Å²) in [4.78, 5) is 7.20. The number of rotatable bonds is 2. The minimum absolute atomic E-state index is 0.690. The van der Waals surface area contributed by atoms with E-state index in [1.165, 1.54) is 25.9 Å². The van der Waals surface area contributed by atoms with Crippen LogP contribution in [0.3, 0.4) is 0 Å². The number of hydrogen-bond donors (Lipinski definition) is 1. The fourth-order valence-electron chi connectivity index (χ4n) is 3.59. The summed E-state index contributed by atoms with van der Waals surface area (Å²) in [5.41, 5.74) is 2.10. The van der Waals surface area contributed by atoms with Crippen molar-refractivity contribution in [3.05, 3.63) is 35.2 Å². The first-order chi connectivity index (χ1) is 9.78. The Morgan fingerprint density at radius 1 is 1.30 bits per heavy atom. The van der Waals surface area contributed by atoms with E-state index >= 15 is 0 Å². The van der Waals surface area contributed by atoms with Crippen LogP contribution in [0.4, 0.5) is 0 Å². The molecule has 2 aromatic heterocycles. The number of pyridine rings is 1. The van der Waals surface area contributed by atoms with Gasteiger partial charge in [0, 0.05) is 38.1 Å². The fraction of sp³-hybridized carbons (Fsp3) is 0.533. The maximum atomic E-state index is 6.01. The Bertz CT molecular complexity index is 609. The van der Waals surface area contributed by atoms with Crippen LogP contribution >= 0.6 is 11.6 Å². The van der Waals surface area contributed by atoms with Crippen molar-refractivity contribution < 1.29 is 0 Å². The lowest BCUT2D eigenvalue weighted by Crippen LogP contribution is -2.40. The van der Waals surface area contributed by atoms with Crippen LogP contribution < -0.4 is 5.32 Å². The van der Waals surface area contributed by atoms with Crippen LogP contribution in [0.1, 0.15) is 18.5 Å². The lowest BCUT2D eigenvalue weighted by atomic mass is 9.94. The van der Waals surface area contributed by atoms with Gasteiger partial charge in [-0.3, -0.25) is 4.90 Å². The van der Waals surface area contributed by atoms with Crippen molar-refractivity contribution in [3.63, 3.8) is 0 Å². The molecular weight excluding hydrogens is 272 g/mol. The van der Waals surface area contributed by atoms with E-state index in [2.05, 4.69) is 21.4 Å². The van der Waals surface area contributed by atoms with Crippen LogP contribution in [0, 0.1) is 5.92 Å². The average molecular weight is 291 g/mol. The zero-order valence-corrected chi connectivity index (χ0v) is 12.2. The van der Waals surface area contributed by atoms with Crippen molar-refractivity contribution in [2.24, 2.45) is 5.92 Å². The summed E-state index contributed by atoms with van der Waals surface area (Å²) in [6.45, 7) is 4.47. The number of nitrogens with one attached hydrogen (secondary N) is 1. The number of nitrogens with zero attached hydrogens (tertiary/aromatic N) is 3. The van der Waals surface area contributed by atoms with E-state index in [0.717, 1.165) is 35.4 Å². The minimum atomic E-state index is 0.690. The van der Waals surface area contributed by atoms with Crippen LogP contribution in [-0.2, 0) is 6.54 Å². The Kier molecular flexibility index (Phi) is 3.17. The van der Waals surface area contributed by atoms with Gasteiger partial charge >= 0.3 is 0 Å². The number of aromatic nitrogens is 2. The van der Waals surface area contributed by atoms with Gasteiger partial charge in [0.25, 0.3) is 0 Å². The molecule has 0 amide bonds. The van der Waals surface area contributed by atoms with E-state index in [-0.39, 0.29) is 0 Å². The first-order valence-electron chi connectivity index (χ1n) is 7.37. The third-order valence-corrected chi connectivity index (χ3v) is 4.75. The van der Waals surface area contributed by atoms with Crippen molar-refractivity contribution in [1.29, 1.82) is 0 Å². The van der Waals surface area contributed by atoms with Gasteiger partial charge in [-0.05, 0) is 37.4 Å². The van der Waals surface area contributed by atoms with E-state index in [4.69, 9.17) is 11.6 Å². The molecule has 4 heterocycles. The number of likely N-dealkylation sites (tertiary alicyclic amines) is 1. The molecule has 2 unspecified atom stereocenters. The number of imidazole rings is 1. The Balaban J connectivity index is 1.50. The van der Waals surface area contributed by atoms with Gasteiger partial charge in [-0.25, -0.2) is 4.98 Å². The standard InChI is InChI=1S/C15H19ClN4/c16-12-3-4-15-18-13(9-20(15)7-12)8-19-6-11-2-1-5-17-14(11)10-19/h3-4,7,9,11,14,17H,1-2,5-6,8,10H2. The first-order valence-corrected chi connectivity index (χ1v) is 7.74. The second kappa shape index (κ2) is 5.02. The number of hydrogen-bond acceptors (Lipinski definition) is 3. The first kappa shape index (κ1) is 12.6. The highest BCUT2D eigenvalue weighted by molar-refractivity contribution is 6.30. The molecule has 1 N–H and O–H groups in total. The monoisotopic (exact) mass is 290 g/mol. The molecule has 20 heavy (non-hydrogen) atoms. The molecular formula is C15H19ClN4. The average Bonchev–Trinajstić information content (AvgIpc) is 3.00. The van der Waals surface area contributed by atoms with Gasteiger partial charge in [-0.2, -0.15) is 0 Å². The SMILES string of the molecule is Clc1ccc2nc(CN3CC4CCCNC4C3)cn2c1. The molecule has 2 aliphatic rings. The molecule has 0 radical (unpaired) electrons. The minimum Gasteiger partial charge on any atom is -0.312 e. The Hall–Kier alpha value is -1.10. The largest absolute Gasteiger partial charge is 0.312 e. The highest BCUT2D eigenvalue weighted by Gasteiger charge is 2.34. The van der Waals surface area contributed by atoms with Crippen molar-refractivity contribution in [3.8, 4) is 0 Å². The molecule has 0 aromatic carbocycles. The van der Waals surface area contributed by atoms with Crippen LogP contribution in [-0.4, -0.2) is 40.0 Å². The molecule has 4 nitrogen and oxygen atoms in total. The van der Waals surface area contributed by atoms with Gasteiger partial charge in [0.2, 0.25) is 0 Å². The number of piperidine rings is 1. The lowest BCUT2D eigenvalue weighted by Gasteiger charge is -2.24. The van der Waals surface area contributed by atoms with E-state index in [0.29, 0.717) is 6.04 Å². The molecule has 2 fully saturated rings. The third-order valence-electron chi connectivity index (χ3n) is 4.53. The molecule has 2 aromatic rings. The number of halogens is 1. The molecule has 0 saturated carbocycles. The second-order valence-electron chi connectivity index (χ2n) is 6.00. The fourth-order valence-corrected chi connectivity index (χ4v) is 3.76. The Morgan fingerprint density at radius 2 is 2.25 bits per heavy atom. The summed E-state index contributed by atoms with van der Waals surface area (Å²) >= 11 is 6.01. The summed E-state index contributed by atoms with van der Waals surface area (Å²) in [6, 6.07) is 4.55. The normalized spacial score (nSPS) is 27.1. The molecule has 0 bridgehead atoms. The maximum Gasteiger partial charge on any atom is 0.137 e. The Labute approximate surface area is 123 Å². The third kappa shape index (κ3) is 2.32. The highest BCUT2D eigenvalue weighted by Crippen LogP contribution is 2.26. The summed E-state index contributed by atoms with van der Waals surface area (Å²) < 4.78 is 2.01. The van der Waals surface area contributed by atoms with Gasteiger partial charge < -0.3 is 9.72 Å². The Morgan fingerprint density at radius 3 is 3.15 bits per heavy atom. The molecule has 106 valence electrons. The van der Waals surface area contributed by atoms with Gasteiger partial charge in [0.15, 0.2) is 0 Å². The van der Waals surface area contributed by atoms with E-state index in [1.54, 1.807) is 0 Å². The van der Waals surface area contributed by atoms with E-state index < -0.39 is 0 Å². The van der Waals surface area contributed by atoms with Crippen molar-refractivity contribution in [1.82, 2.24) is 19.6 Å². The van der Waals surface area contributed by atoms with Gasteiger partial charge in [0.05, 0.1) is 10.7 Å². The molecule has 0 aliphatic carbocycles. The van der Waals surface area contributed by atoms with Crippen LogP contribution in [0.5, 0.6) is 0 Å². The summed E-state index contributed by atoms with van der Waals surface area (Å²) in [7, 11) is 0. The predicted molar refractivity (Wildman–Crippen MR) is 80.0 cm³/mol. The smallest absolute Gasteiger partial charge is 0.137 e. The van der Waals surface area contributed by atoms with Gasteiger partial charge in [0.1, 0.15) is 5.65 Å². The van der Waals surface area contributed by atoms with E-state index in [9.17, 15) is 0 Å². The van der Waals surface area contributed by atoms with E-state index in [1.807, 2.05) is 22.7 Å². The predicted octanol–water partition coefficient (Wildman–Crippen LogP) is 2.17.